The molecule has 1 aromatic carbocycles. The first-order valence-corrected chi connectivity index (χ1v) is 8.01. The number of aromatic hydroxyl groups is 1. The van der Waals surface area contributed by atoms with Crippen molar-refractivity contribution in [1.29, 1.82) is 0 Å². The molecule has 2 unspecified atom stereocenters. The minimum atomic E-state index is -0.113. The molecule has 1 aliphatic carbocycles. The smallest absolute Gasteiger partial charge is 0.251 e. The number of hydrogen-bond acceptors (Lipinski definition) is 2. The molecule has 0 spiro atoms. The van der Waals surface area contributed by atoms with Gasteiger partial charge < -0.3 is 10.4 Å². The number of phenols is 1. The van der Waals surface area contributed by atoms with Crippen LogP contribution in [0.25, 0.3) is 0 Å². The van der Waals surface area contributed by atoms with Crippen LogP contribution in [0, 0.1) is 3.57 Å². The van der Waals surface area contributed by atoms with Gasteiger partial charge in [-0.3, -0.25) is 4.79 Å². The Hall–Kier alpha value is -0.300. The van der Waals surface area contributed by atoms with Crippen molar-refractivity contribution in [2.75, 3.05) is 0 Å². The van der Waals surface area contributed by atoms with E-state index in [1.54, 1.807) is 12.1 Å². The second-order valence-corrected chi connectivity index (χ2v) is 6.88. The van der Waals surface area contributed by atoms with E-state index in [0.29, 0.717) is 10.4 Å². The third-order valence-electron chi connectivity index (χ3n) is 3.21. The van der Waals surface area contributed by atoms with Crippen LogP contribution in [0.3, 0.4) is 0 Å². The first kappa shape index (κ1) is 14.1. The SMILES string of the molecule is O=C(NC1CCCCC1Br)c1ccc(I)c(O)c1. The molecule has 1 saturated carbocycles. The van der Waals surface area contributed by atoms with Crippen molar-refractivity contribution in [2.24, 2.45) is 0 Å². The van der Waals surface area contributed by atoms with E-state index in [0.717, 1.165) is 22.8 Å². The van der Waals surface area contributed by atoms with Crippen LogP contribution in [0.15, 0.2) is 18.2 Å². The monoisotopic (exact) mass is 423 g/mol. The number of benzene rings is 1. The molecule has 2 atom stereocenters. The summed E-state index contributed by atoms with van der Waals surface area (Å²) in [5, 5.41) is 12.6. The molecule has 0 radical (unpaired) electrons. The second-order valence-electron chi connectivity index (χ2n) is 4.55. The van der Waals surface area contributed by atoms with Crippen molar-refractivity contribution in [3.05, 3.63) is 27.3 Å². The van der Waals surface area contributed by atoms with Gasteiger partial charge in [-0.05, 0) is 53.6 Å². The van der Waals surface area contributed by atoms with Crippen molar-refractivity contribution in [3.8, 4) is 5.75 Å². The highest BCUT2D eigenvalue weighted by Gasteiger charge is 2.24. The lowest BCUT2D eigenvalue weighted by Crippen LogP contribution is -2.42. The first-order valence-electron chi connectivity index (χ1n) is 6.01. The van der Waals surface area contributed by atoms with E-state index in [-0.39, 0.29) is 17.7 Å². The molecule has 0 aromatic heterocycles. The predicted molar refractivity (Wildman–Crippen MR) is 83.3 cm³/mol. The van der Waals surface area contributed by atoms with Crippen molar-refractivity contribution in [2.45, 2.75) is 36.6 Å². The van der Waals surface area contributed by atoms with Gasteiger partial charge in [0.15, 0.2) is 0 Å². The number of amides is 1. The zero-order valence-electron chi connectivity index (χ0n) is 9.83. The fourth-order valence-electron chi connectivity index (χ4n) is 2.15. The first-order chi connectivity index (χ1) is 8.58. The molecule has 0 saturated heterocycles. The average molecular weight is 424 g/mol. The summed E-state index contributed by atoms with van der Waals surface area (Å²) in [6.07, 6.45) is 4.48. The van der Waals surface area contributed by atoms with Gasteiger partial charge in [0.05, 0.1) is 3.57 Å². The van der Waals surface area contributed by atoms with Gasteiger partial charge in [0.1, 0.15) is 5.75 Å². The molecule has 2 rings (SSSR count). The van der Waals surface area contributed by atoms with Crippen LogP contribution in [-0.2, 0) is 0 Å². The third-order valence-corrected chi connectivity index (χ3v) is 5.21. The normalized spacial score (nSPS) is 23.7. The number of carbonyl (C=O) groups is 1. The topological polar surface area (TPSA) is 49.3 Å². The van der Waals surface area contributed by atoms with E-state index in [1.807, 2.05) is 22.6 Å². The number of halogens is 2. The number of phenolic OH excluding ortho intramolecular Hbond substituents is 1. The summed E-state index contributed by atoms with van der Waals surface area (Å²) in [6, 6.07) is 5.19. The van der Waals surface area contributed by atoms with E-state index in [2.05, 4.69) is 21.2 Å². The third kappa shape index (κ3) is 3.38. The minimum Gasteiger partial charge on any atom is -0.507 e. The minimum absolute atomic E-state index is 0.113. The molecule has 1 fully saturated rings. The zero-order valence-corrected chi connectivity index (χ0v) is 13.6. The summed E-state index contributed by atoms with van der Waals surface area (Å²) < 4.78 is 0.750. The summed E-state index contributed by atoms with van der Waals surface area (Å²) in [6.45, 7) is 0. The van der Waals surface area contributed by atoms with Crippen LogP contribution >= 0.6 is 38.5 Å². The van der Waals surface area contributed by atoms with Gasteiger partial charge in [0, 0.05) is 16.4 Å². The molecule has 0 bridgehead atoms. The van der Waals surface area contributed by atoms with Crippen molar-refractivity contribution in [3.63, 3.8) is 0 Å². The average Bonchev–Trinajstić information content (AvgIpc) is 2.35. The Labute approximate surface area is 129 Å². The fourth-order valence-corrected chi connectivity index (χ4v) is 3.21. The molecule has 2 N–H and O–H groups in total. The molecule has 0 aliphatic heterocycles. The summed E-state index contributed by atoms with van der Waals surface area (Å²) >= 11 is 5.65. The maximum Gasteiger partial charge on any atom is 0.251 e. The Kier molecular flexibility index (Phi) is 4.89. The molecular weight excluding hydrogens is 409 g/mol. The van der Waals surface area contributed by atoms with Crippen LogP contribution in [0.5, 0.6) is 5.75 Å². The van der Waals surface area contributed by atoms with Crippen LogP contribution in [-0.4, -0.2) is 21.9 Å². The van der Waals surface area contributed by atoms with Crippen molar-refractivity contribution >= 4 is 44.4 Å². The Morgan fingerprint density at radius 1 is 1.39 bits per heavy atom. The highest BCUT2D eigenvalue weighted by atomic mass is 127. The maximum absolute atomic E-state index is 12.1. The number of hydrogen-bond donors (Lipinski definition) is 2. The highest BCUT2D eigenvalue weighted by molar-refractivity contribution is 14.1. The number of rotatable bonds is 2. The Balaban J connectivity index is 2.04. The largest absolute Gasteiger partial charge is 0.507 e. The van der Waals surface area contributed by atoms with Crippen LogP contribution in [0.4, 0.5) is 0 Å². The Bertz CT molecular complexity index is 453. The summed E-state index contributed by atoms with van der Waals surface area (Å²) in [5.74, 6) is 0.0420. The summed E-state index contributed by atoms with van der Waals surface area (Å²) in [7, 11) is 0. The van der Waals surface area contributed by atoms with E-state index < -0.39 is 0 Å². The molecule has 1 amide bonds. The van der Waals surface area contributed by atoms with Gasteiger partial charge in [-0.1, -0.05) is 28.8 Å². The lowest BCUT2D eigenvalue weighted by atomic mass is 9.95. The van der Waals surface area contributed by atoms with E-state index >= 15 is 0 Å². The molecule has 18 heavy (non-hydrogen) atoms. The number of alkyl halides is 1. The molecule has 5 heteroatoms. The van der Waals surface area contributed by atoms with Crippen LogP contribution in [0.2, 0.25) is 0 Å². The molecule has 3 nitrogen and oxygen atoms in total. The zero-order chi connectivity index (χ0) is 13.1. The highest BCUT2D eigenvalue weighted by Crippen LogP contribution is 2.25. The van der Waals surface area contributed by atoms with Crippen molar-refractivity contribution in [1.82, 2.24) is 5.32 Å². The lowest BCUT2D eigenvalue weighted by molar-refractivity contribution is 0.0929. The van der Waals surface area contributed by atoms with Gasteiger partial charge in [0.2, 0.25) is 0 Å². The summed E-state index contributed by atoms with van der Waals surface area (Å²) in [4.78, 5) is 12.4. The standard InChI is InChI=1S/C13H15BrINO2/c14-9-3-1-2-4-11(9)16-13(18)8-5-6-10(15)12(17)7-8/h5-7,9,11,17H,1-4H2,(H,16,18). The number of carbonyl (C=O) groups excluding carboxylic acids is 1. The van der Waals surface area contributed by atoms with Gasteiger partial charge >= 0.3 is 0 Å². The van der Waals surface area contributed by atoms with E-state index in [4.69, 9.17) is 0 Å². The molecular formula is C13H15BrINO2. The molecule has 0 heterocycles. The van der Waals surface area contributed by atoms with Crippen LogP contribution in [0.1, 0.15) is 36.0 Å². The molecule has 1 aromatic rings. The maximum atomic E-state index is 12.1. The Morgan fingerprint density at radius 3 is 2.78 bits per heavy atom. The Morgan fingerprint density at radius 2 is 2.11 bits per heavy atom. The number of nitrogens with one attached hydrogen (secondary N) is 1. The van der Waals surface area contributed by atoms with Crippen LogP contribution < -0.4 is 5.32 Å². The summed E-state index contributed by atoms with van der Waals surface area (Å²) in [5.41, 5.74) is 0.512. The molecule has 1 aliphatic rings. The van der Waals surface area contributed by atoms with Gasteiger partial charge in [0.25, 0.3) is 5.91 Å². The van der Waals surface area contributed by atoms with Gasteiger partial charge in [-0.25, -0.2) is 0 Å². The quantitative estimate of drug-likeness (QED) is 0.565. The predicted octanol–water partition coefficient (Wildman–Crippen LogP) is 3.43. The van der Waals surface area contributed by atoms with E-state index in [9.17, 15) is 9.90 Å². The lowest BCUT2D eigenvalue weighted by Gasteiger charge is -2.28. The molecule has 98 valence electrons. The second kappa shape index (κ2) is 6.23. The van der Waals surface area contributed by atoms with E-state index in [1.165, 1.54) is 12.5 Å². The van der Waals surface area contributed by atoms with Gasteiger partial charge in [-0.15, -0.1) is 0 Å². The van der Waals surface area contributed by atoms with Crippen molar-refractivity contribution < 1.29 is 9.90 Å². The fraction of sp³-hybridized carbons (Fsp3) is 0.462. The van der Waals surface area contributed by atoms with Gasteiger partial charge in [-0.2, -0.15) is 0 Å².